The fraction of sp³-hybridized carbons (Fsp3) is 0.400. The predicted octanol–water partition coefficient (Wildman–Crippen LogP) is 2.77. The lowest BCUT2D eigenvalue weighted by Crippen LogP contribution is -2.21. The number of benzene rings is 1. The first-order valence-corrected chi connectivity index (χ1v) is 6.47. The molecule has 1 heterocycles. The van der Waals surface area contributed by atoms with Crippen molar-refractivity contribution in [3.05, 3.63) is 47.3 Å². The summed E-state index contributed by atoms with van der Waals surface area (Å²) in [4.78, 5) is 0. The minimum absolute atomic E-state index is 0.251. The molecule has 0 aliphatic rings. The standard InChI is InChI=1S/C15H21N3/c1-4-14(16)8-13-5-6-15(7-12(13)3)18-10-11(2)9-17-18/h5-7,9-10,14H,4,8,16H2,1-3H3. The zero-order valence-corrected chi connectivity index (χ0v) is 11.4. The van der Waals surface area contributed by atoms with Crippen molar-refractivity contribution in [1.29, 1.82) is 0 Å². The molecule has 0 spiro atoms. The molecule has 0 aliphatic heterocycles. The molecular weight excluding hydrogens is 222 g/mol. The molecule has 3 heteroatoms. The summed E-state index contributed by atoms with van der Waals surface area (Å²) in [7, 11) is 0. The summed E-state index contributed by atoms with van der Waals surface area (Å²) < 4.78 is 1.91. The lowest BCUT2D eigenvalue weighted by molar-refractivity contribution is 0.644. The first-order valence-electron chi connectivity index (χ1n) is 6.47. The van der Waals surface area contributed by atoms with Crippen molar-refractivity contribution < 1.29 is 0 Å². The quantitative estimate of drug-likeness (QED) is 0.897. The minimum atomic E-state index is 0.251. The molecule has 1 aromatic carbocycles. The Balaban J connectivity index is 2.24. The van der Waals surface area contributed by atoms with E-state index in [1.54, 1.807) is 0 Å². The van der Waals surface area contributed by atoms with Gasteiger partial charge in [-0.1, -0.05) is 13.0 Å². The van der Waals surface area contributed by atoms with Gasteiger partial charge in [-0.25, -0.2) is 4.68 Å². The molecule has 0 radical (unpaired) electrons. The van der Waals surface area contributed by atoms with Crippen molar-refractivity contribution in [2.75, 3.05) is 0 Å². The Kier molecular flexibility index (Phi) is 3.82. The number of nitrogens with zero attached hydrogens (tertiary/aromatic N) is 2. The van der Waals surface area contributed by atoms with Crippen molar-refractivity contribution in [1.82, 2.24) is 9.78 Å². The summed E-state index contributed by atoms with van der Waals surface area (Å²) in [5, 5.41) is 4.33. The predicted molar refractivity (Wildman–Crippen MR) is 75.0 cm³/mol. The van der Waals surface area contributed by atoms with Gasteiger partial charge in [0.2, 0.25) is 0 Å². The third-order valence-electron chi connectivity index (χ3n) is 3.31. The van der Waals surface area contributed by atoms with E-state index in [-0.39, 0.29) is 6.04 Å². The molecule has 3 nitrogen and oxygen atoms in total. The fourth-order valence-electron chi connectivity index (χ4n) is 2.03. The van der Waals surface area contributed by atoms with Crippen molar-refractivity contribution in [2.45, 2.75) is 39.7 Å². The maximum Gasteiger partial charge on any atom is 0.0648 e. The summed E-state index contributed by atoms with van der Waals surface area (Å²) in [6.45, 7) is 6.31. The zero-order chi connectivity index (χ0) is 13.1. The van der Waals surface area contributed by atoms with Crippen LogP contribution in [0.25, 0.3) is 5.69 Å². The molecule has 2 N–H and O–H groups in total. The average molecular weight is 243 g/mol. The topological polar surface area (TPSA) is 43.8 Å². The monoisotopic (exact) mass is 243 g/mol. The highest BCUT2D eigenvalue weighted by Crippen LogP contribution is 2.16. The molecular formula is C15H21N3. The molecule has 1 atom stereocenters. The van der Waals surface area contributed by atoms with Gasteiger partial charge in [-0.15, -0.1) is 0 Å². The van der Waals surface area contributed by atoms with Gasteiger partial charge in [0.25, 0.3) is 0 Å². The Morgan fingerprint density at radius 1 is 1.33 bits per heavy atom. The fourth-order valence-corrected chi connectivity index (χ4v) is 2.03. The van der Waals surface area contributed by atoms with E-state index < -0.39 is 0 Å². The second kappa shape index (κ2) is 5.36. The van der Waals surface area contributed by atoms with E-state index in [2.05, 4.69) is 37.1 Å². The summed E-state index contributed by atoms with van der Waals surface area (Å²) in [6.07, 6.45) is 5.86. The van der Waals surface area contributed by atoms with Gasteiger partial charge in [0.05, 0.1) is 11.9 Å². The van der Waals surface area contributed by atoms with Crippen LogP contribution in [0.3, 0.4) is 0 Å². The summed E-state index contributed by atoms with van der Waals surface area (Å²) in [6, 6.07) is 6.69. The highest BCUT2D eigenvalue weighted by molar-refractivity contribution is 5.40. The van der Waals surface area contributed by atoms with Crippen LogP contribution in [0, 0.1) is 13.8 Å². The van der Waals surface area contributed by atoms with Crippen molar-refractivity contribution in [2.24, 2.45) is 5.73 Å². The van der Waals surface area contributed by atoms with Gasteiger partial charge in [-0.3, -0.25) is 0 Å². The van der Waals surface area contributed by atoms with Crippen LogP contribution in [-0.4, -0.2) is 15.8 Å². The SMILES string of the molecule is CCC(N)Cc1ccc(-n2cc(C)cn2)cc1C. The zero-order valence-electron chi connectivity index (χ0n) is 11.4. The maximum absolute atomic E-state index is 6.01. The Hall–Kier alpha value is -1.61. The van der Waals surface area contributed by atoms with Gasteiger partial charge in [0.1, 0.15) is 0 Å². The van der Waals surface area contributed by atoms with Crippen LogP contribution < -0.4 is 5.73 Å². The number of aryl methyl sites for hydroxylation is 2. The van der Waals surface area contributed by atoms with Gasteiger partial charge in [-0.05, 0) is 55.5 Å². The van der Waals surface area contributed by atoms with E-state index in [0.29, 0.717) is 0 Å². The Morgan fingerprint density at radius 3 is 2.67 bits per heavy atom. The van der Waals surface area contributed by atoms with Crippen LogP contribution >= 0.6 is 0 Å². The lowest BCUT2D eigenvalue weighted by Gasteiger charge is -2.12. The molecule has 96 valence electrons. The number of rotatable bonds is 4. The van der Waals surface area contributed by atoms with Crippen LogP contribution in [0.4, 0.5) is 0 Å². The second-order valence-electron chi connectivity index (χ2n) is 4.95. The van der Waals surface area contributed by atoms with E-state index >= 15 is 0 Å². The van der Waals surface area contributed by atoms with Crippen molar-refractivity contribution in [3.63, 3.8) is 0 Å². The second-order valence-corrected chi connectivity index (χ2v) is 4.95. The molecule has 1 aromatic heterocycles. The molecule has 18 heavy (non-hydrogen) atoms. The van der Waals surface area contributed by atoms with Crippen LogP contribution in [0.1, 0.15) is 30.0 Å². The highest BCUT2D eigenvalue weighted by atomic mass is 15.3. The smallest absolute Gasteiger partial charge is 0.0648 e. The van der Waals surface area contributed by atoms with Gasteiger partial charge in [0.15, 0.2) is 0 Å². The van der Waals surface area contributed by atoms with Crippen LogP contribution in [0.15, 0.2) is 30.6 Å². The van der Waals surface area contributed by atoms with Crippen LogP contribution in [0.5, 0.6) is 0 Å². The maximum atomic E-state index is 6.01. The lowest BCUT2D eigenvalue weighted by atomic mass is 10.00. The molecule has 0 fully saturated rings. The van der Waals surface area contributed by atoms with Gasteiger partial charge < -0.3 is 5.73 Å². The largest absolute Gasteiger partial charge is 0.327 e. The van der Waals surface area contributed by atoms with E-state index in [1.165, 1.54) is 16.7 Å². The van der Waals surface area contributed by atoms with Crippen molar-refractivity contribution >= 4 is 0 Å². The molecule has 2 rings (SSSR count). The highest BCUT2D eigenvalue weighted by Gasteiger charge is 2.06. The van der Waals surface area contributed by atoms with Crippen LogP contribution in [0.2, 0.25) is 0 Å². The molecule has 0 bridgehead atoms. The minimum Gasteiger partial charge on any atom is -0.327 e. The van der Waals surface area contributed by atoms with E-state index in [9.17, 15) is 0 Å². The van der Waals surface area contributed by atoms with Gasteiger partial charge in [0, 0.05) is 12.2 Å². The third kappa shape index (κ3) is 2.79. The Labute approximate surface area is 109 Å². The van der Waals surface area contributed by atoms with Gasteiger partial charge >= 0.3 is 0 Å². The summed E-state index contributed by atoms with van der Waals surface area (Å²) >= 11 is 0. The number of nitrogens with two attached hydrogens (primary N) is 1. The van der Waals surface area contributed by atoms with Gasteiger partial charge in [-0.2, -0.15) is 5.10 Å². The molecule has 0 aliphatic carbocycles. The molecule has 0 amide bonds. The number of hydrogen-bond donors (Lipinski definition) is 1. The van der Waals surface area contributed by atoms with Crippen LogP contribution in [-0.2, 0) is 6.42 Å². The Bertz CT molecular complexity index is 528. The third-order valence-corrected chi connectivity index (χ3v) is 3.31. The van der Waals surface area contributed by atoms with E-state index in [4.69, 9.17) is 5.73 Å². The van der Waals surface area contributed by atoms with E-state index in [0.717, 1.165) is 18.5 Å². The molecule has 0 saturated carbocycles. The van der Waals surface area contributed by atoms with Crippen molar-refractivity contribution in [3.8, 4) is 5.69 Å². The number of hydrogen-bond acceptors (Lipinski definition) is 2. The van der Waals surface area contributed by atoms with E-state index in [1.807, 2.05) is 24.0 Å². The first kappa shape index (κ1) is 12.8. The summed E-state index contributed by atoms with van der Waals surface area (Å²) in [5.41, 5.74) is 10.9. The molecule has 2 aromatic rings. The average Bonchev–Trinajstić information content (AvgIpc) is 2.78. The molecule has 0 saturated heterocycles. The Morgan fingerprint density at radius 2 is 2.11 bits per heavy atom. The number of aromatic nitrogens is 2. The first-order chi connectivity index (χ1) is 8.60. The normalized spacial score (nSPS) is 12.7. The summed E-state index contributed by atoms with van der Waals surface area (Å²) in [5.74, 6) is 0. The molecule has 1 unspecified atom stereocenters.